The van der Waals surface area contributed by atoms with E-state index >= 15 is 0 Å². The van der Waals surface area contributed by atoms with Gasteiger partial charge in [0.2, 0.25) is 10.0 Å². The van der Waals surface area contributed by atoms with E-state index in [1.807, 2.05) is 13.8 Å². The van der Waals surface area contributed by atoms with Gasteiger partial charge < -0.3 is 5.11 Å². The third-order valence-electron chi connectivity index (χ3n) is 3.39. The van der Waals surface area contributed by atoms with Gasteiger partial charge in [-0.3, -0.25) is 0 Å². The molecule has 0 spiro atoms. The van der Waals surface area contributed by atoms with Gasteiger partial charge in [0.25, 0.3) is 0 Å². The molecule has 3 atom stereocenters. The second-order valence-corrected chi connectivity index (χ2v) is 7.79. The number of hydrogen-bond donors (Lipinski definition) is 2. The molecule has 0 saturated heterocycles. The zero-order valence-corrected chi connectivity index (χ0v) is 13.6. The van der Waals surface area contributed by atoms with Crippen molar-refractivity contribution >= 4 is 21.4 Å². The minimum atomic E-state index is -3.56. The SMILES string of the molecule is C=CCC[C@H](O)C(NS(=O)(=O)c1cccs1)[C@@H](C)CC. The highest BCUT2D eigenvalue weighted by Gasteiger charge is 2.29. The lowest BCUT2D eigenvalue weighted by molar-refractivity contribution is 0.104. The zero-order chi connectivity index (χ0) is 15.2. The molecule has 6 heteroatoms. The van der Waals surface area contributed by atoms with E-state index in [0.717, 1.165) is 6.42 Å². The molecule has 0 saturated carbocycles. The van der Waals surface area contributed by atoms with Crippen LogP contribution in [0.5, 0.6) is 0 Å². The first kappa shape index (κ1) is 17.4. The second-order valence-electron chi connectivity index (χ2n) is 4.90. The van der Waals surface area contributed by atoms with Crippen molar-refractivity contribution in [1.29, 1.82) is 0 Å². The topological polar surface area (TPSA) is 66.4 Å². The Kier molecular flexibility index (Phi) is 6.88. The van der Waals surface area contributed by atoms with Crippen molar-refractivity contribution in [2.24, 2.45) is 5.92 Å². The number of sulfonamides is 1. The molecule has 1 unspecified atom stereocenters. The average molecular weight is 317 g/mol. The van der Waals surface area contributed by atoms with E-state index < -0.39 is 22.2 Å². The maximum absolute atomic E-state index is 12.3. The van der Waals surface area contributed by atoms with E-state index in [4.69, 9.17) is 0 Å². The monoisotopic (exact) mass is 317 g/mol. The molecule has 0 aromatic carbocycles. The normalized spacial score (nSPS) is 16.6. The van der Waals surface area contributed by atoms with Crippen LogP contribution in [0, 0.1) is 5.92 Å². The van der Waals surface area contributed by atoms with Gasteiger partial charge in [0.15, 0.2) is 0 Å². The Balaban J connectivity index is 2.87. The molecule has 1 heterocycles. The molecule has 0 aliphatic heterocycles. The van der Waals surface area contributed by atoms with Gasteiger partial charge in [0.1, 0.15) is 4.21 Å². The summed E-state index contributed by atoms with van der Waals surface area (Å²) >= 11 is 1.17. The van der Waals surface area contributed by atoms with Crippen molar-refractivity contribution in [1.82, 2.24) is 4.72 Å². The van der Waals surface area contributed by atoms with Crippen molar-refractivity contribution in [2.45, 2.75) is 49.5 Å². The van der Waals surface area contributed by atoms with Crippen molar-refractivity contribution in [3.05, 3.63) is 30.2 Å². The van der Waals surface area contributed by atoms with Crippen LogP contribution in [-0.4, -0.2) is 25.7 Å². The molecule has 0 amide bonds. The Bertz CT molecular complexity index is 496. The highest BCUT2D eigenvalue weighted by molar-refractivity contribution is 7.91. The third-order valence-corrected chi connectivity index (χ3v) is 6.25. The summed E-state index contributed by atoms with van der Waals surface area (Å²) in [5, 5.41) is 12.0. The van der Waals surface area contributed by atoms with Crippen LogP contribution in [0.15, 0.2) is 34.4 Å². The number of thiophene rings is 1. The molecule has 0 radical (unpaired) electrons. The van der Waals surface area contributed by atoms with Gasteiger partial charge in [0, 0.05) is 0 Å². The lowest BCUT2D eigenvalue weighted by Crippen LogP contribution is -2.47. The highest BCUT2D eigenvalue weighted by atomic mass is 32.2. The smallest absolute Gasteiger partial charge is 0.250 e. The number of nitrogens with one attached hydrogen (secondary N) is 1. The predicted molar refractivity (Wildman–Crippen MR) is 83.3 cm³/mol. The lowest BCUT2D eigenvalue weighted by atomic mass is 9.93. The average Bonchev–Trinajstić information content (AvgIpc) is 2.96. The van der Waals surface area contributed by atoms with Crippen molar-refractivity contribution in [3.63, 3.8) is 0 Å². The minimum absolute atomic E-state index is 0.0598. The Labute approximate surface area is 125 Å². The van der Waals surface area contributed by atoms with Crippen molar-refractivity contribution < 1.29 is 13.5 Å². The molecule has 20 heavy (non-hydrogen) atoms. The van der Waals surface area contributed by atoms with Crippen LogP contribution >= 0.6 is 11.3 Å². The molecule has 0 fully saturated rings. The van der Waals surface area contributed by atoms with E-state index in [0.29, 0.717) is 12.8 Å². The lowest BCUT2D eigenvalue weighted by Gasteiger charge is -2.28. The third kappa shape index (κ3) is 4.70. The van der Waals surface area contributed by atoms with Gasteiger partial charge in [-0.25, -0.2) is 13.1 Å². The van der Waals surface area contributed by atoms with Crippen LogP contribution in [0.4, 0.5) is 0 Å². The van der Waals surface area contributed by atoms with Gasteiger partial charge in [-0.15, -0.1) is 17.9 Å². The minimum Gasteiger partial charge on any atom is -0.391 e. The molecular weight excluding hydrogens is 294 g/mol. The summed E-state index contributed by atoms with van der Waals surface area (Å²) in [6.07, 6.45) is 2.98. The van der Waals surface area contributed by atoms with Crippen molar-refractivity contribution in [2.75, 3.05) is 0 Å². The molecule has 114 valence electrons. The number of hydrogen-bond acceptors (Lipinski definition) is 4. The maximum Gasteiger partial charge on any atom is 0.250 e. The molecule has 4 nitrogen and oxygen atoms in total. The fourth-order valence-corrected chi connectivity index (χ4v) is 4.34. The number of allylic oxidation sites excluding steroid dienone is 1. The van der Waals surface area contributed by atoms with E-state index in [1.165, 1.54) is 11.3 Å². The van der Waals surface area contributed by atoms with Crippen molar-refractivity contribution in [3.8, 4) is 0 Å². The first-order valence-electron chi connectivity index (χ1n) is 6.77. The number of aliphatic hydroxyl groups excluding tert-OH is 1. The standard InChI is InChI=1S/C14H23NO3S2/c1-4-6-8-12(16)14(11(3)5-2)15-20(17,18)13-9-7-10-19-13/h4,7,9-12,14-16H,1,5-6,8H2,2-3H3/t11-,12-,14?/m0/s1. The molecule has 0 aliphatic rings. The summed E-state index contributed by atoms with van der Waals surface area (Å²) in [6.45, 7) is 7.55. The summed E-state index contributed by atoms with van der Waals surface area (Å²) in [4.78, 5) is 0. The van der Waals surface area contributed by atoms with E-state index in [9.17, 15) is 13.5 Å². The number of aliphatic hydroxyl groups is 1. The second kappa shape index (κ2) is 7.93. The summed E-state index contributed by atoms with van der Waals surface area (Å²) in [7, 11) is -3.56. The van der Waals surface area contributed by atoms with Crippen LogP contribution in [-0.2, 0) is 10.0 Å². The Morgan fingerprint density at radius 3 is 2.75 bits per heavy atom. The first-order chi connectivity index (χ1) is 9.42. The first-order valence-corrected chi connectivity index (χ1v) is 9.13. The maximum atomic E-state index is 12.3. The Morgan fingerprint density at radius 2 is 2.25 bits per heavy atom. The zero-order valence-electron chi connectivity index (χ0n) is 12.0. The molecule has 2 N–H and O–H groups in total. The van der Waals surface area contributed by atoms with Gasteiger partial charge in [0.05, 0.1) is 12.1 Å². The van der Waals surface area contributed by atoms with E-state index in [2.05, 4.69) is 11.3 Å². The van der Waals surface area contributed by atoms with Gasteiger partial charge in [-0.05, 0) is 30.2 Å². The molecule has 0 bridgehead atoms. The predicted octanol–water partition coefficient (Wildman–Crippen LogP) is 2.77. The molecule has 1 aromatic rings. The van der Waals surface area contributed by atoms with E-state index in [-0.39, 0.29) is 10.1 Å². The van der Waals surface area contributed by atoms with Crippen LogP contribution in [0.2, 0.25) is 0 Å². The summed E-state index contributed by atoms with van der Waals surface area (Å²) in [5.41, 5.74) is 0. The van der Waals surface area contributed by atoms with Crippen LogP contribution in [0.1, 0.15) is 33.1 Å². The number of rotatable bonds is 9. The summed E-state index contributed by atoms with van der Waals surface area (Å²) in [6, 6.07) is 2.79. The summed E-state index contributed by atoms with van der Waals surface area (Å²) in [5.74, 6) is 0.0598. The largest absolute Gasteiger partial charge is 0.391 e. The quantitative estimate of drug-likeness (QED) is 0.688. The van der Waals surface area contributed by atoms with Gasteiger partial charge in [-0.1, -0.05) is 32.4 Å². The molecule has 1 rings (SSSR count). The molecule has 1 aromatic heterocycles. The Hall–Kier alpha value is -0.690. The molecule has 0 aliphatic carbocycles. The molecular formula is C14H23NO3S2. The Morgan fingerprint density at radius 1 is 1.55 bits per heavy atom. The van der Waals surface area contributed by atoms with Crippen LogP contribution < -0.4 is 4.72 Å². The van der Waals surface area contributed by atoms with Gasteiger partial charge >= 0.3 is 0 Å². The fourth-order valence-electron chi connectivity index (χ4n) is 1.95. The summed E-state index contributed by atoms with van der Waals surface area (Å²) < 4.78 is 27.5. The van der Waals surface area contributed by atoms with Crippen LogP contribution in [0.3, 0.4) is 0 Å². The highest BCUT2D eigenvalue weighted by Crippen LogP contribution is 2.21. The fraction of sp³-hybridized carbons (Fsp3) is 0.571. The van der Waals surface area contributed by atoms with Crippen LogP contribution in [0.25, 0.3) is 0 Å². The van der Waals surface area contributed by atoms with E-state index in [1.54, 1.807) is 23.6 Å². The van der Waals surface area contributed by atoms with Gasteiger partial charge in [-0.2, -0.15) is 0 Å².